The summed E-state index contributed by atoms with van der Waals surface area (Å²) < 4.78 is 0. The first-order valence-corrected chi connectivity index (χ1v) is 27.7. The van der Waals surface area contributed by atoms with E-state index in [2.05, 4.69) is 37.2 Å². The number of carboxylic acid groups (broad SMARTS) is 2. The molecule has 28 heteroatoms. The Morgan fingerprint density at radius 3 is 1.44 bits per heavy atom. The van der Waals surface area contributed by atoms with E-state index in [1.54, 1.807) is 74.5 Å². The van der Waals surface area contributed by atoms with Gasteiger partial charge in [-0.3, -0.25) is 52.7 Å². The summed E-state index contributed by atoms with van der Waals surface area (Å²) in [7, 11) is 0. The van der Waals surface area contributed by atoms with Crippen LogP contribution in [-0.2, 0) is 76.8 Å². The second-order valence-electron chi connectivity index (χ2n) is 21.1. The first kappa shape index (κ1) is 66.8. The number of nitrogens with one attached hydrogen (secondary N) is 7. The Bertz CT molecular complexity index is 2860. The van der Waals surface area contributed by atoms with E-state index in [9.17, 15) is 83.1 Å². The predicted octanol–water partition coefficient (Wildman–Crippen LogP) is -3.41. The van der Waals surface area contributed by atoms with Crippen molar-refractivity contribution in [2.45, 2.75) is 138 Å². The van der Waals surface area contributed by atoms with Crippen LogP contribution in [0.3, 0.4) is 0 Å². The number of phenolic OH excluding ortho intramolecular Hbond substituents is 1. The lowest BCUT2D eigenvalue weighted by Gasteiger charge is -2.31. The van der Waals surface area contributed by atoms with E-state index in [1.807, 2.05) is 0 Å². The molecule has 3 aromatic carbocycles. The Hall–Kier alpha value is -9.02. The van der Waals surface area contributed by atoms with Gasteiger partial charge in [0.15, 0.2) is 0 Å². The lowest BCUT2D eigenvalue weighted by Crippen LogP contribution is -2.61. The SMILES string of the molecule is CC(C)[C@H](NC(=O)[C@H](CO)NC(=O)[C@@H]1CCCN1C(=O)[C@H](Cc1ccccc1)NC(=O)[C@H](Cc1ccc(O)cc1)NC(=O)[C@H](CC(=O)O)NC(=O)[C@H](CO)NC(=O)[C@@H]1CCCN1C(=O)[C@H](CCC(N)=O)NC(=O)[C@@H](N)Cc1ccccc1)C(=O)O. The number of aliphatic hydroxyl groups excluding tert-OH is 2. The number of aliphatic carboxylic acids is 2. The number of amides is 10. The van der Waals surface area contributed by atoms with Crippen molar-refractivity contribution < 1.29 is 83.1 Å². The number of carbonyl (C=O) groups excluding carboxylic acids is 10. The highest BCUT2D eigenvalue weighted by Gasteiger charge is 2.42. The Labute approximate surface area is 489 Å². The Kier molecular flexibility index (Phi) is 25.3. The van der Waals surface area contributed by atoms with Gasteiger partial charge in [-0.15, -0.1) is 0 Å². The molecule has 3 aromatic rings. The number of phenols is 1. The second-order valence-corrected chi connectivity index (χ2v) is 21.1. The molecule has 0 bridgehead atoms. The Balaban J connectivity index is 1.33. The molecule has 2 heterocycles. The first-order chi connectivity index (χ1) is 40.4. The number of aliphatic hydroxyl groups is 2. The number of nitrogens with two attached hydrogens (primary N) is 2. The number of likely N-dealkylation sites (tertiary alicyclic amines) is 2. The summed E-state index contributed by atoms with van der Waals surface area (Å²) in [5, 5.41) is 66.9. The van der Waals surface area contributed by atoms with Crippen LogP contribution in [0.4, 0.5) is 0 Å². The normalized spacial score (nSPS) is 17.5. The molecule has 2 saturated heterocycles. The van der Waals surface area contributed by atoms with Crippen molar-refractivity contribution in [3.05, 3.63) is 102 Å². The molecule has 5 rings (SSSR count). The van der Waals surface area contributed by atoms with Gasteiger partial charge in [-0.1, -0.05) is 86.6 Å². The molecule has 10 atom stereocenters. The number of carbonyl (C=O) groups is 12. The molecule has 0 radical (unpaired) electrons. The van der Waals surface area contributed by atoms with Crippen LogP contribution in [0.5, 0.6) is 5.75 Å². The average Bonchev–Trinajstić information content (AvgIpc) is 4.09. The van der Waals surface area contributed by atoms with Gasteiger partial charge in [-0.05, 0) is 73.3 Å². The van der Waals surface area contributed by atoms with E-state index in [4.69, 9.17) is 11.5 Å². The molecule has 0 unspecified atom stereocenters. The van der Waals surface area contributed by atoms with Crippen molar-refractivity contribution in [1.82, 2.24) is 47.0 Å². The van der Waals surface area contributed by atoms with Crippen LogP contribution in [0.15, 0.2) is 84.9 Å². The molecule has 2 aliphatic rings. The Morgan fingerprint density at radius 1 is 0.529 bits per heavy atom. The van der Waals surface area contributed by atoms with Crippen LogP contribution < -0.4 is 48.7 Å². The summed E-state index contributed by atoms with van der Waals surface area (Å²) in [5.41, 5.74) is 13.1. The predicted molar refractivity (Wildman–Crippen MR) is 300 cm³/mol. The van der Waals surface area contributed by atoms with E-state index in [0.29, 0.717) is 11.1 Å². The third-order valence-electron chi connectivity index (χ3n) is 14.4. The van der Waals surface area contributed by atoms with Gasteiger partial charge in [0, 0.05) is 32.4 Å². The van der Waals surface area contributed by atoms with Crippen LogP contribution in [0.1, 0.15) is 75.5 Å². The highest BCUT2D eigenvalue weighted by molar-refractivity contribution is 6.00. The minimum Gasteiger partial charge on any atom is -0.508 e. The molecule has 0 aromatic heterocycles. The summed E-state index contributed by atoms with van der Waals surface area (Å²) >= 11 is 0. The summed E-state index contributed by atoms with van der Waals surface area (Å²) in [6.45, 7) is 1.03. The smallest absolute Gasteiger partial charge is 0.326 e. The molecule has 460 valence electrons. The van der Waals surface area contributed by atoms with Crippen molar-refractivity contribution in [2.24, 2.45) is 17.4 Å². The fourth-order valence-electron chi connectivity index (χ4n) is 9.81. The number of hydrogen-bond acceptors (Lipinski definition) is 16. The van der Waals surface area contributed by atoms with Crippen molar-refractivity contribution in [3.8, 4) is 5.75 Å². The van der Waals surface area contributed by atoms with Crippen LogP contribution in [-0.4, -0.2) is 193 Å². The molecule has 10 amide bonds. The van der Waals surface area contributed by atoms with E-state index in [0.717, 1.165) is 10.5 Å². The molecule has 16 N–H and O–H groups in total. The van der Waals surface area contributed by atoms with Crippen molar-refractivity contribution >= 4 is 71.0 Å². The van der Waals surface area contributed by atoms with Gasteiger partial charge >= 0.3 is 11.9 Å². The third-order valence-corrected chi connectivity index (χ3v) is 14.4. The van der Waals surface area contributed by atoms with Gasteiger partial charge in [0.1, 0.15) is 60.1 Å². The minimum absolute atomic E-state index is 0.00623. The van der Waals surface area contributed by atoms with Crippen LogP contribution in [0.2, 0.25) is 0 Å². The summed E-state index contributed by atoms with van der Waals surface area (Å²) in [4.78, 5) is 164. The summed E-state index contributed by atoms with van der Waals surface area (Å²) in [6, 6.07) is 7.56. The maximum Gasteiger partial charge on any atom is 0.326 e. The van der Waals surface area contributed by atoms with Gasteiger partial charge in [-0.25, -0.2) is 4.79 Å². The molecular weight excluding hydrogens is 1110 g/mol. The zero-order chi connectivity index (χ0) is 62.5. The van der Waals surface area contributed by atoms with Gasteiger partial charge in [-0.2, -0.15) is 0 Å². The topological polar surface area (TPSA) is 449 Å². The van der Waals surface area contributed by atoms with Crippen LogP contribution >= 0.6 is 0 Å². The van der Waals surface area contributed by atoms with E-state index in [-0.39, 0.29) is 76.6 Å². The second kappa shape index (κ2) is 32.1. The van der Waals surface area contributed by atoms with Gasteiger partial charge in [0.25, 0.3) is 0 Å². The first-order valence-electron chi connectivity index (χ1n) is 27.7. The number of rotatable bonds is 31. The van der Waals surface area contributed by atoms with Gasteiger partial charge in [0.2, 0.25) is 59.1 Å². The van der Waals surface area contributed by atoms with E-state index >= 15 is 0 Å². The maximum absolute atomic E-state index is 14.7. The number of benzene rings is 3. The highest BCUT2D eigenvalue weighted by Crippen LogP contribution is 2.23. The highest BCUT2D eigenvalue weighted by atomic mass is 16.4. The average molecular weight is 1190 g/mol. The molecule has 2 aliphatic heterocycles. The largest absolute Gasteiger partial charge is 0.508 e. The number of carboxylic acids is 2. The van der Waals surface area contributed by atoms with Crippen molar-refractivity contribution in [3.63, 3.8) is 0 Å². The van der Waals surface area contributed by atoms with Crippen LogP contribution in [0.25, 0.3) is 0 Å². The fraction of sp³-hybridized carbons (Fsp3) is 0.474. The quantitative estimate of drug-likeness (QED) is 0.0298. The van der Waals surface area contributed by atoms with E-state index < -0.39 is 157 Å². The molecule has 0 spiro atoms. The lowest BCUT2D eigenvalue weighted by molar-refractivity contribution is -0.144. The zero-order valence-corrected chi connectivity index (χ0v) is 47.0. The molecule has 2 fully saturated rings. The third kappa shape index (κ3) is 19.8. The zero-order valence-electron chi connectivity index (χ0n) is 47.0. The summed E-state index contributed by atoms with van der Waals surface area (Å²) in [6.07, 6.45) is -1.46. The molecule has 28 nitrogen and oxygen atoms in total. The van der Waals surface area contributed by atoms with Crippen molar-refractivity contribution in [2.75, 3.05) is 26.3 Å². The van der Waals surface area contributed by atoms with Crippen LogP contribution in [0, 0.1) is 5.92 Å². The maximum atomic E-state index is 14.7. The molecule has 0 aliphatic carbocycles. The van der Waals surface area contributed by atoms with E-state index in [1.165, 1.54) is 29.2 Å². The van der Waals surface area contributed by atoms with Gasteiger partial charge < -0.3 is 84.0 Å². The van der Waals surface area contributed by atoms with Crippen molar-refractivity contribution in [1.29, 1.82) is 0 Å². The standard InChI is InChI=1S/C57H75N11O17/c1-31(2)47(57(84)85)66-52(79)42(30-70)65-54(81)44-16-10-24-68(44)56(83)40(27-33-13-7-4-8-14-33)63-49(76)38(26-34-17-19-35(71)20-18-34)61-50(77)39(28-46(73)74)62-51(78)41(29-69)64-53(80)43-15-9-23-67(43)55(82)37(21-22-45(59)72)60-48(75)36(58)25-32-11-5-3-6-12-32/h3-8,11-14,17-20,31,36-44,47,69-71H,9-10,15-16,21-30,58H2,1-2H3,(H2,59,72)(H,60,75)(H,61,77)(H,62,78)(H,63,76)(H,64,80)(H,65,81)(H,66,79)(H,73,74)(H,84,85)/t36-,37-,38-,39-,40-,41-,42-,43-,44-,47-/m0/s1. The molecule has 85 heavy (non-hydrogen) atoms. The Morgan fingerprint density at radius 2 is 0.953 bits per heavy atom. The summed E-state index contributed by atoms with van der Waals surface area (Å²) in [5.74, 6) is -13.1. The number of hydrogen-bond donors (Lipinski definition) is 14. The lowest BCUT2D eigenvalue weighted by atomic mass is 10.0. The fourth-order valence-corrected chi connectivity index (χ4v) is 9.81. The number of aromatic hydroxyl groups is 1. The monoisotopic (exact) mass is 1190 g/mol. The molecular formula is C57H75N11O17. The molecule has 0 saturated carbocycles. The minimum atomic E-state index is -2.01. The number of nitrogens with zero attached hydrogens (tertiary/aromatic N) is 2. The van der Waals surface area contributed by atoms with Gasteiger partial charge in [0.05, 0.1) is 25.7 Å². The number of primary amides is 1.